The molecule has 22 heavy (non-hydrogen) atoms. The number of esters is 1. The number of hydrogen-bond acceptors (Lipinski definition) is 8. The Kier molecular flexibility index (Phi) is 5.23. The number of carbonyl (C=O) groups is 2. The summed E-state index contributed by atoms with van der Waals surface area (Å²) < 4.78 is 11.6. The van der Waals surface area contributed by atoms with Gasteiger partial charge in [0.15, 0.2) is 5.65 Å². The van der Waals surface area contributed by atoms with Gasteiger partial charge in [0.05, 0.1) is 25.7 Å². The van der Waals surface area contributed by atoms with Crippen LogP contribution in [0.2, 0.25) is 0 Å². The highest BCUT2D eigenvalue weighted by atomic mass is 16.5. The van der Waals surface area contributed by atoms with Crippen LogP contribution in [0.25, 0.3) is 11.2 Å². The highest BCUT2D eigenvalue weighted by Crippen LogP contribution is 2.13. The fourth-order valence-electron chi connectivity index (χ4n) is 1.98. The summed E-state index contributed by atoms with van der Waals surface area (Å²) in [7, 11) is 0. The molecule has 0 aliphatic rings. The molecule has 0 saturated carbocycles. The molecule has 9 heteroatoms. The molecular formula is C13H17N5O4. The van der Waals surface area contributed by atoms with E-state index < -0.39 is 0 Å². The van der Waals surface area contributed by atoms with E-state index in [4.69, 9.17) is 15.2 Å². The van der Waals surface area contributed by atoms with Gasteiger partial charge in [0.25, 0.3) is 6.47 Å². The zero-order chi connectivity index (χ0) is 15.9. The first-order valence-electron chi connectivity index (χ1n) is 6.72. The molecule has 2 rings (SSSR count). The fraction of sp³-hybridized carbons (Fsp3) is 0.462. The number of nitrogen functional groups attached to an aromatic ring is 1. The normalized spacial score (nSPS) is 12.0. The van der Waals surface area contributed by atoms with Crippen molar-refractivity contribution in [1.82, 2.24) is 19.5 Å². The topological polar surface area (TPSA) is 122 Å². The molecule has 118 valence electrons. The smallest absolute Gasteiger partial charge is 0.302 e. The summed E-state index contributed by atoms with van der Waals surface area (Å²) >= 11 is 0. The number of rotatable bonds is 8. The van der Waals surface area contributed by atoms with Gasteiger partial charge in [-0.15, -0.1) is 0 Å². The van der Waals surface area contributed by atoms with Crippen LogP contribution >= 0.6 is 0 Å². The van der Waals surface area contributed by atoms with Crippen LogP contribution in [-0.2, 0) is 25.6 Å². The summed E-state index contributed by atoms with van der Waals surface area (Å²) in [6.07, 6.45) is 3.82. The summed E-state index contributed by atoms with van der Waals surface area (Å²) in [4.78, 5) is 33.4. The number of anilines is 1. The van der Waals surface area contributed by atoms with Crippen molar-refractivity contribution in [2.45, 2.75) is 19.9 Å². The van der Waals surface area contributed by atoms with E-state index in [1.54, 1.807) is 12.5 Å². The fourth-order valence-corrected chi connectivity index (χ4v) is 1.98. The van der Waals surface area contributed by atoms with E-state index >= 15 is 0 Å². The molecule has 2 aromatic heterocycles. The molecule has 1 atom stereocenters. The van der Waals surface area contributed by atoms with Gasteiger partial charge in [0.1, 0.15) is 5.52 Å². The number of ether oxygens (including phenoxy) is 2. The van der Waals surface area contributed by atoms with Gasteiger partial charge in [-0.3, -0.25) is 9.59 Å². The average Bonchev–Trinajstić information content (AvgIpc) is 2.88. The summed E-state index contributed by atoms with van der Waals surface area (Å²) in [5, 5.41) is 0. The molecule has 2 aromatic rings. The maximum Gasteiger partial charge on any atom is 0.302 e. The molecule has 0 spiro atoms. The zero-order valence-corrected chi connectivity index (χ0v) is 12.1. The van der Waals surface area contributed by atoms with Crippen molar-refractivity contribution in [3.05, 3.63) is 12.5 Å². The molecule has 0 bridgehead atoms. The van der Waals surface area contributed by atoms with Gasteiger partial charge in [-0.1, -0.05) is 0 Å². The molecule has 0 radical (unpaired) electrons. The van der Waals surface area contributed by atoms with Crippen LogP contribution in [0.4, 0.5) is 5.95 Å². The van der Waals surface area contributed by atoms with Crippen molar-refractivity contribution in [1.29, 1.82) is 0 Å². The molecule has 0 fully saturated rings. The largest absolute Gasteiger partial charge is 0.467 e. The number of fused-ring (bicyclic) bond motifs is 1. The molecule has 1 unspecified atom stereocenters. The lowest BCUT2D eigenvalue weighted by atomic mass is 10.1. The van der Waals surface area contributed by atoms with E-state index in [0.717, 1.165) is 0 Å². The van der Waals surface area contributed by atoms with Crippen molar-refractivity contribution in [2.24, 2.45) is 5.92 Å². The lowest BCUT2D eigenvalue weighted by molar-refractivity contribution is -0.143. The molecule has 0 aliphatic carbocycles. The first-order chi connectivity index (χ1) is 10.6. The average molecular weight is 307 g/mol. The molecule has 0 aromatic carbocycles. The van der Waals surface area contributed by atoms with Crippen molar-refractivity contribution in [3.8, 4) is 0 Å². The predicted molar refractivity (Wildman–Crippen MR) is 76.5 cm³/mol. The number of imidazole rings is 1. The summed E-state index contributed by atoms with van der Waals surface area (Å²) in [6, 6.07) is 0. The second-order valence-corrected chi connectivity index (χ2v) is 4.76. The van der Waals surface area contributed by atoms with Gasteiger partial charge < -0.3 is 19.8 Å². The summed E-state index contributed by atoms with van der Waals surface area (Å²) in [5.41, 5.74) is 6.86. The van der Waals surface area contributed by atoms with Crippen molar-refractivity contribution >= 4 is 29.6 Å². The summed E-state index contributed by atoms with van der Waals surface area (Å²) in [5.74, 6) is -0.301. The van der Waals surface area contributed by atoms with E-state index in [1.165, 1.54) is 6.92 Å². The van der Waals surface area contributed by atoms with Crippen molar-refractivity contribution < 1.29 is 19.1 Å². The third-order valence-corrected chi connectivity index (χ3v) is 3.08. The third-order valence-electron chi connectivity index (χ3n) is 3.08. The van der Waals surface area contributed by atoms with Crippen LogP contribution in [0.3, 0.4) is 0 Å². The Bertz CT molecular complexity index is 657. The van der Waals surface area contributed by atoms with Gasteiger partial charge in [-0.2, -0.15) is 4.98 Å². The van der Waals surface area contributed by atoms with E-state index in [-0.39, 0.29) is 31.0 Å². The highest BCUT2D eigenvalue weighted by molar-refractivity contribution is 5.70. The Morgan fingerprint density at radius 2 is 2.27 bits per heavy atom. The van der Waals surface area contributed by atoms with Crippen LogP contribution < -0.4 is 5.73 Å². The van der Waals surface area contributed by atoms with Gasteiger partial charge in [0.2, 0.25) is 5.95 Å². The second-order valence-electron chi connectivity index (χ2n) is 4.76. The molecular weight excluding hydrogens is 290 g/mol. The number of hydrogen-bond donors (Lipinski definition) is 1. The lowest BCUT2D eigenvalue weighted by Crippen LogP contribution is -2.19. The van der Waals surface area contributed by atoms with Gasteiger partial charge in [-0.25, -0.2) is 9.97 Å². The number of nitrogens with zero attached hydrogens (tertiary/aromatic N) is 4. The van der Waals surface area contributed by atoms with Crippen LogP contribution in [0.1, 0.15) is 13.3 Å². The first-order valence-corrected chi connectivity index (χ1v) is 6.72. The number of aryl methyl sites for hydroxylation is 1. The van der Waals surface area contributed by atoms with Gasteiger partial charge in [0, 0.05) is 19.4 Å². The zero-order valence-electron chi connectivity index (χ0n) is 12.1. The Hall–Kier alpha value is -2.71. The van der Waals surface area contributed by atoms with Crippen LogP contribution in [-0.4, -0.2) is 45.2 Å². The molecule has 2 heterocycles. The van der Waals surface area contributed by atoms with E-state index in [0.29, 0.717) is 30.6 Å². The standard InChI is InChI=1S/C13H17N5O4/c1-9(20)22-6-10(5-21-8-19)2-3-18-7-16-11-4-15-13(14)17-12(11)18/h4,7-8,10H,2-3,5-6H2,1H3,(H2,14,15,17). The molecule has 2 N–H and O–H groups in total. The Labute approximate surface area is 126 Å². The first kappa shape index (κ1) is 15.7. The minimum atomic E-state index is -0.371. The maximum atomic E-state index is 10.9. The van der Waals surface area contributed by atoms with Gasteiger partial charge in [-0.05, 0) is 6.42 Å². The third kappa shape index (κ3) is 4.14. The minimum Gasteiger partial charge on any atom is -0.467 e. The van der Waals surface area contributed by atoms with Crippen LogP contribution in [0.5, 0.6) is 0 Å². The molecule has 0 saturated heterocycles. The van der Waals surface area contributed by atoms with Gasteiger partial charge >= 0.3 is 5.97 Å². The second kappa shape index (κ2) is 7.34. The van der Waals surface area contributed by atoms with Crippen LogP contribution in [0, 0.1) is 5.92 Å². The SMILES string of the molecule is CC(=O)OCC(CCn1cnc2cnc(N)nc21)COC=O. The minimum absolute atomic E-state index is 0.106. The van der Waals surface area contributed by atoms with E-state index in [9.17, 15) is 9.59 Å². The number of aromatic nitrogens is 4. The number of carbonyl (C=O) groups excluding carboxylic acids is 2. The lowest BCUT2D eigenvalue weighted by Gasteiger charge is -2.15. The van der Waals surface area contributed by atoms with E-state index in [2.05, 4.69) is 15.0 Å². The van der Waals surface area contributed by atoms with Crippen molar-refractivity contribution in [3.63, 3.8) is 0 Å². The van der Waals surface area contributed by atoms with Crippen LogP contribution in [0.15, 0.2) is 12.5 Å². The molecule has 0 aliphatic heterocycles. The summed E-state index contributed by atoms with van der Waals surface area (Å²) in [6.45, 7) is 2.65. The highest BCUT2D eigenvalue weighted by Gasteiger charge is 2.13. The maximum absolute atomic E-state index is 10.9. The Balaban J connectivity index is 2.01. The molecule has 0 amide bonds. The quantitative estimate of drug-likeness (QED) is 0.540. The van der Waals surface area contributed by atoms with Crippen molar-refractivity contribution in [2.75, 3.05) is 18.9 Å². The Morgan fingerprint density at radius 1 is 1.45 bits per heavy atom. The molecule has 9 nitrogen and oxygen atoms in total. The monoisotopic (exact) mass is 307 g/mol. The predicted octanol–water partition coefficient (Wildman–Crippen LogP) is 0.151. The van der Waals surface area contributed by atoms with E-state index in [1.807, 2.05) is 4.57 Å². The number of nitrogens with two attached hydrogens (primary N) is 1. The Morgan fingerprint density at radius 3 is 3.00 bits per heavy atom.